The highest BCUT2D eigenvalue weighted by Gasteiger charge is 2.18. The number of methoxy groups -OCH3 is 1. The van der Waals surface area contributed by atoms with Gasteiger partial charge in [-0.05, 0) is 48.2 Å². The minimum atomic E-state index is -3.82. The van der Waals surface area contributed by atoms with Gasteiger partial charge in [-0.2, -0.15) is 0 Å². The zero-order valence-corrected chi connectivity index (χ0v) is 16.3. The predicted octanol–water partition coefficient (Wildman–Crippen LogP) is 3.16. The fourth-order valence-electron chi connectivity index (χ4n) is 2.28. The van der Waals surface area contributed by atoms with Gasteiger partial charge < -0.3 is 9.30 Å². The van der Waals surface area contributed by atoms with Crippen molar-refractivity contribution < 1.29 is 17.9 Å². The molecule has 0 aliphatic heterocycles. The van der Waals surface area contributed by atoms with E-state index >= 15 is 0 Å². The van der Waals surface area contributed by atoms with Gasteiger partial charge in [-0.15, -0.1) is 0 Å². The lowest BCUT2D eigenvalue weighted by Crippen LogP contribution is -2.14. The van der Waals surface area contributed by atoms with Crippen molar-refractivity contribution in [2.45, 2.75) is 14.9 Å². The molecule has 0 saturated heterocycles. The van der Waals surface area contributed by atoms with Gasteiger partial charge in [0.15, 0.2) is 5.16 Å². The molecular weight excluding hydrogens is 386 g/mol. The molecule has 0 radical (unpaired) electrons. The van der Waals surface area contributed by atoms with Crippen LogP contribution in [0.1, 0.15) is 10.4 Å². The van der Waals surface area contributed by atoms with Gasteiger partial charge in [0, 0.05) is 24.3 Å². The number of aromatic nitrogens is 2. The largest absolute Gasteiger partial charge is 0.465 e. The Morgan fingerprint density at radius 3 is 2.48 bits per heavy atom. The quantitative estimate of drug-likeness (QED) is 0.636. The Hall–Kier alpha value is -2.78. The summed E-state index contributed by atoms with van der Waals surface area (Å²) in [7, 11) is -0.682. The molecule has 1 N–H and O–H groups in total. The monoisotopic (exact) mass is 403 g/mol. The van der Waals surface area contributed by atoms with Crippen LogP contribution in [0.4, 0.5) is 5.69 Å². The SMILES string of the molecule is COC(=O)c1ccc(S(=O)(=O)Nc2ccccc2Sc2nccn2C)cc1. The summed E-state index contributed by atoms with van der Waals surface area (Å²) < 4.78 is 34.5. The molecule has 0 aliphatic rings. The lowest BCUT2D eigenvalue weighted by atomic mass is 10.2. The van der Waals surface area contributed by atoms with Crippen molar-refractivity contribution in [1.29, 1.82) is 0 Å². The molecule has 0 bridgehead atoms. The zero-order valence-electron chi connectivity index (χ0n) is 14.6. The summed E-state index contributed by atoms with van der Waals surface area (Å²) >= 11 is 1.36. The van der Waals surface area contributed by atoms with Crippen molar-refractivity contribution in [2.75, 3.05) is 11.8 Å². The third-order valence-electron chi connectivity index (χ3n) is 3.70. The molecule has 0 aliphatic carbocycles. The summed E-state index contributed by atoms with van der Waals surface area (Å²) in [6, 6.07) is 12.6. The second-order valence-corrected chi connectivity index (χ2v) is 8.23. The van der Waals surface area contributed by atoms with Crippen molar-refractivity contribution in [3.63, 3.8) is 0 Å². The van der Waals surface area contributed by atoms with Gasteiger partial charge >= 0.3 is 5.97 Å². The molecule has 0 unspecified atom stereocenters. The third-order valence-corrected chi connectivity index (χ3v) is 6.23. The standard InChI is InChI=1S/C18H17N3O4S2/c1-21-12-11-19-18(21)26-16-6-4-3-5-15(16)20-27(23,24)14-9-7-13(8-10-14)17(22)25-2/h3-12,20H,1-2H3. The van der Waals surface area contributed by atoms with Crippen LogP contribution in [0.5, 0.6) is 0 Å². The number of carbonyl (C=O) groups excluding carboxylic acids is 1. The lowest BCUT2D eigenvalue weighted by molar-refractivity contribution is 0.0600. The van der Waals surface area contributed by atoms with Crippen LogP contribution < -0.4 is 4.72 Å². The number of benzene rings is 2. The van der Waals surface area contributed by atoms with E-state index in [0.717, 1.165) is 10.1 Å². The van der Waals surface area contributed by atoms with Gasteiger partial charge in [-0.25, -0.2) is 18.2 Å². The minimum Gasteiger partial charge on any atom is -0.465 e. The molecule has 2 aromatic carbocycles. The Kier molecular flexibility index (Phi) is 5.52. The van der Waals surface area contributed by atoms with Gasteiger partial charge in [0.05, 0.1) is 23.3 Å². The number of aryl methyl sites for hydroxylation is 1. The number of esters is 1. The second-order valence-electron chi connectivity index (χ2n) is 5.54. The van der Waals surface area contributed by atoms with Gasteiger partial charge in [0.2, 0.25) is 0 Å². The number of nitrogens with one attached hydrogen (secondary N) is 1. The molecule has 27 heavy (non-hydrogen) atoms. The van der Waals surface area contributed by atoms with E-state index in [0.29, 0.717) is 5.69 Å². The highest BCUT2D eigenvalue weighted by Crippen LogP contribution is 2.33. The molecule has 140 valence electrons. The first-order chi connectivity index (χ1) is 12.9. The number of carbonyl (C=O) groups is 1. The summed E-state index contributed by atoms with van der Waals surface area (Å²) in [5.74, 6) is -0.524. The van der Waals surface area contributed by atoms with E-state index < -0.39 is 16.0 Å². The van der Waals surface area contributed by atoms with Crippen LogP contribution in [0, 0.1) is 0 Å². The van der Waals surface area contributed by atoms with Crippen molar-refractivity contribution >= 4 is 33.4 Å². The predicted molar refractivity (Wildman–Crippen MR) is 102 cm³/mol. The van der Waals surface area contributed by atoms with Crippen LogP contribution in [0.3, 0.4) is 0 Å². The number of rotatable bonds is 6. The molecule has 0 spiro atoms. The van der Waals surface area contributed by atoms with E-state index in [1.807, 2.05) is 29.9 Å². The van der Waals surface area contributed by atoms with Crippen LogP contribution in [0.25, 0.3) is 0 Å². The van der Waals surface area contributed by atoms with Crippen LogP contribution in [-0.4, -0.2) is 31.0 Å². The Morgan fingerprint density at radius 1 is 1.15 bits per heavy atom. The van der Waals surface area contributed by atoms with E-state index in [1.54, 1.807) is 18.3 Å². The Labute approximate surface area is 161 Å². The van der Waals surface area contributed by atoms with Gasteiger partial charge in [0.25, 0.3) is 10.0 Å². The molecular formula is C18H17N3O4S2. The van der Waals surface area contributed by atoms with Crippen molar-refractivity contribution in [1.82, 2.24) is 9.55 Å². The average molecular weight is 403 g/mol. The average Bonchev–Trinajstić information content (AvgIpc) is 3.07. The molecule has 7 nitrogen and oxygen atoms in total. The van der Waals surface area contributed by atoms with Gasteiger partial charge in [-0.3, -0.25) is 4.72 Å². The Bertz CT molecular complexity index is 1060. The highest BCUT2D eigenvalue weighted by molar-refractivity contribution is 7.99. The number of anilines is 1. The van der Waals surface area contributed by atoms with Crippen LogP contribution >= 0.6 is 11.8 Å². The maximum atomic E-state index is 12.7. The number of hydrogen-bond acceptors (Lipinski definition) is 6. The first kappa shape index (κ1) is 19.0. The van der Waals surface area contributed by atoms with E-state index in [9.17, 15) is 13.2 Å². The van der Waals surface area contributed by atoms with Crippen LogP contribution in [0.2, 0.25) is 0 Å². The first-order valence-electron chi connectivity index (χ1n) is 7.86. The van der Waals surface area contributed by atoms with Crippen molar-refractivity contribution in [3.05, 3.63) is 66.5 Å². The Morgan fingerprint density at radius 2 is 1.85 bits per heavy atom. The fraction of sp³-hybridized carbons (Fsp3) is 0.111. The lowest BCUT2D eigenvalue weighted by Gasteiger charge is -2.12. The smallest absolute Gasteiger partial charge is 0.337 e. The Balaban J connectivity index is 1.86. The zero-order chi connectivity index (χ0) is 19.4. The third kappa shape index (κ3) is 4.32. The maximum absolute atomic E-state index is 12.7. The molecule has 1 aromatic heterocycles. The highest BCUT2D eigenvalue weighted by atomic mass is 32.2. The fourth-order valence-corrected chi connectivity index (χ4v) is 4.32. The normalized spacial score (nSPS) is 11.2. The molecule has 9 heteroatoms. The molecule has 3 rings (SSSR count). The molecule has 1 heterocycles. The summed E-state index contributed by atoms with van der Waals surface area (Å²) in [4.78, 5) is 16.5. The van der Waals surface area contributed by atoms with E-state index in [1.165, 1.54) is 43.1 Å². The summed E-state index contributed by atoms with van der Waals surface area (Å²) in [6.07, 6.45) is 3.50. The van der Waals surface area contributed by atoms with Crippen molar-refractivity contribution in [2.24, 2.45) is 7.05 Å². The summed E-state index contributed by atoms with van der Waals surface area (Å²) in [5, 5.41) is 0.740. The van der Waals surface area contributed by atoms with E-state index in [2.05, 4.69) is 14.4 Å². The summed E-state index contributed by atoms with van der Waals surface area (Å²) in [5.41, 5.74) is 0.727. The molecule has 3 aromatic rings. The van der Waals surface area contributed by atoms with Crippen molar-refractivity contribution in [3.8, 4) is 0 Å². The first-order valence-corrected chi connectivity index (χ1v) is 10.2. The maximum Gasteiger partial charge on any atom is 0.337 e. The number of nitrogens with zero attached hydrogens (tertiary/aromatic N) is 2. The second kappa shape index (κ2) is 7.85. The molecule has 0 amide bonds. The van der Waals surface area contributed by atoms with Crippen LogP contribution in [-0.2, 0) is 21.8 Å². The number of para-hydroxylation sites is 1. The van der Waals surface area contributed by atoms with E-state index in [-0.39, 0.29) is 10.5 Å². The van der Waals surface area contributed by atoms with Crippen LogP contribution in [0.15, 0.2) is 75.9 Å². The number of imidazole rings is 1. The molecule has 0 saturated carbocycles. The molecule has 0 atom stereocenters. The van der Waals surface area contributed by atoms with Gasteiger partial charge in [0.1, 0.15) is 0 Å². The van der Waals surface area contributed by atoms with Gasteiger partial charge in [-0.1, -0.05) is 12.1 Å². The molecule has 0 fully saturated rings. The topological polar surface area (TPSA) is 90.3 Å². The number of hydrogen-bond donors (Lipinski definition) is 1. The van der Waals surface area contributed by atoms with E-state index in [4.69, 9.17) is 0 Å². The minimum absolute atomic E-state index is 0.0481. The summed E-state index contributed by atoms with van der Waals surface area (Å²) in [6.45, 7) is 0. The number of ether oxygens (including phenoxy) is 1. The number of sulfonamides is 1.